The van der Waals surface area contributed by atoms with Crippen molar-refractivity contribution >= 4 is 17.7 Å². The number of rotatable bonds is 9. The summed E-state index contributed by atoms with van der Waals surface area (Å²) in [4.78, 5) is 11.9. The van der Waals surface area contributed by atoms with Gasteiger partial charge in [-0.15, -0.1) is 0 Å². The quantitative estimate of drug-likeness (QED) is 0.411. The fourth-order valence-corrected chi connectivity index (χ4v) is 5.03. The molecule has 1 aliphatic heterocycles. The molecule has 3 N–H and O–H groups in total. The van der Waals surface area contributed by atoms with E-state index in [1.807, 2.05) is 38.1 Å². The number of carbonyl (C=O) groups is 1. The summed E-state index contributed by atoms with van der Waals surface area (Å²) in [6.45, 7) is 7.94. The highest BCUT2D eigenvalue weighted by atomic mass is 35.5. The number of hydrogen-bond acceptors (Lipinski definition) is 4. The van der Waals surface area contributed by atoms with Crippen LogP contribution in [0, 0.1) is 5.92 Å². The number of nitrogens with one attached hydrogen (secondary N) is 2. The molecular formula is C27H37ClN2O3. The van der Waals surface area contributed by atoms with Crippen LogP contribution in [0.2, 0.25) is 5.02 Å². The third kappa shape index (κ3) is 6.50. The van der Waals surface area contributed by atoms with Crippen molar-refractivity contribution in [1.82, 2.24) is 10.6 Å². The van der Waals surface area contributed by atoms with Gasteiger partial charge < -0.3 is 20.5 Å². The standard InChI is InChI=1S/C27H37ClN2O3/c1-4-20-9-5-10-21(17-20)25-23(12-6-13-24(25)28)27(32,22-11-7-15-29-18-22)14-8-16-30-26(31)33-19(2)3/h5-6,9-10,12-13,17,19,22,29,32H,4,7-8,11,14-16,18H2,1-3H3,(H,30,31)/t22-,27+/m1/s1. The minimum atomic E-state index is -1.07. The van der Waals surface area contributed by atoms with E-state index in [4.69, 9.17) is 16.3 Å². The molecule has 33 heavy (non-hydrogen) atoms. The van der Waals surface area contributed by atoms with Crippen molar-refractivity contribution in [2.75, 3.05) is 19.6 Å². The van der Waals surface area contributed by atoms with E-state index in [9.17, 15) is 9.90 Å². The Bertz CT molecular complexity index is 927. The summed E-state index contributed by atoms with van der Waals surface area (Å²) < 4.78 is 5.16. The fourth-order valence-electron chi connectivity index (χ4n) is 4.75. The van der Waals surface area contributed by atoms with Gasteiger partial charge in [-0.05, 0) is 75.3 Å². The van der Waals surface area contributed by atoms with Gasteiger partial charge in [0.05, 0.1) is 11.7 Å². The van der Waals surface area contributed by atoms with E-state index in [1.54, 1.807) is 0 Å². The molecule has 1 saturated heterocycles. The molecule has 2 aromatic rings. The minimum Gasteiger partial charge on any atom is -0.447 e. The summed E-state index contributed by atoms with van der Waals surface area (Å²) in [5, 5.41) is 19.2. The number of aliphatic hydroxyl groups is 1. The summed E-state index contributed by atoms with van der Waals surface area (Å²) in [5.74, 6) is 0.0560. The summed E-state index contributed by atoms with van der Waals surface area (Å²) in [5.41, 5.74) is 2.95. The lowest BCUT2D eigenvalue weighted by atomic mass is 9.72. The van der Waals surface area contributed by atoms with Gasteiger partial charge in [0.2, 0.25) is 0 Å². The zero-order chi connectivity index (χ0) is 23.8. The van der Waals surface area contributed by atoms with Gasteiger partial charge in [-0.3, -0.25) is 0 Å². The van der Waals surface area contributed by atoms with Crippen molar-refractivity contribution < 1.29 is 14.6 Å². The van der Waals surface area contributed by atoms with Crippen molar-refractivity contribution in [1.29, 1.82) is 0 Å². The van der Waals surface area contributed by atoms with Gasteiger partial charge in [-0.1, -0.05) is 54.9 Å². The lowest BCUT2D eigenvalue weighted by Crippen LogP contribution is -2.45. The average Bonchev–Trinajstić information content (AvgIpc) is 2.81. The Kier molecular flexibility index (Phi) is 9.19. The highest BCUT2D eigenvalue weighted by Crippen LogP contribution is 2.44. The molecule has 1 amide bonds. The highest BCUT2D eigenvalue weighted by Gasteiger charge is 2.40. The van der Waals surface area contributed by atoms with Crippen LogP contribution in [0.1, 0.15) is 57.6 Å². The molecule has 1 fully saturated rings. The maximum Gasteiger partial charge on any atom is 0.407 e. The summed E-state index contributed by atoms with van der Waals surface area (Å²) >= 11 is 6.76. The number of alkyl carbamates (subject to hydrolysis) is 1. The van der Waals surface area contributed by atoms with Crippen LogP contribution in [0.25, 0.3) is 11.1 Å². The second-order valence-corrected chi connectivity index (χ2v) is 9.58. The molecule has 0 aliphatic carbocycles. The van der Waals surface area contributed by atoms with E-state index < -0.39 is 11.7 Å². The number of amides is 1. The molecule has 3 rings (SSSR count). The molecule has 1 aliphatic rings. The smallest absolute Gasteiger partial charge is 0.407 e. The zero-order valence-corrected chi connectivity index (χ0v) is 20.8. The normalized spacial score (nSPS) is 18.1. The van der Waals surface area contributed by atoms with E-state index in [0.29, 0.717) is 24.4 Å². The van der Waals surface area contributed by atoms with Crippen molar-refractivity contribution in [3.8, 4) is 11.1 Å². The Hall–Kier alpha value is -2.08. The molecule has 0 saturated carbocycles. The molecule has 2 aromatic carbocycles. The number of benzene rings is 2. The fraction of sp³-hybridized carbons (Fsp3) is 0.519. The SMILES string of the molecule is CCc1cccc(-c2c(Cl)cccc2[C@](O)(CCCNC(=O)OC(C)C)[C@@H]2CCCNC2)c1. The number of halogens is 1. The maximum absolute atomic E-state index is 12.3. The maximum atomic E-state index is 12.3. The predicted octanol–water partition coefficient (Wildman–Crippen LogP) is 5.67. The van der Waals surface area contributed by atoms with Crippen LogP contribution in [0.15, 0.2) is 42.5 Å². The largest absolute Gasteiger partial charge is 0.447 e. The summed E-state index contributed by atoms with van der Waals surface area (Å²) in [6, 6.07) is 14.2. The van der Waals surface area contributed by atoms with Gasteiger partial charge in [0.15, 0.2) is 0 Å². The van der Waals surface area contributed by atoms with E-state index in [1.165, 1.54) is 5.56 Å². The first-order chi connectivity index (χ1) is 15.8. The van der Waals surface area contributed by atoms with Gasteiger partial charge >= 0.3 is 6.09 Å². The first-order valence-corrected chi connectivity index (χ1v) is 12.5. The molecule has 0 bridgehead atoms. The summed E-state index contributed by atoms with van der Waals surface area (Å²) in [6.07, 6.45) is 3.45. The monoisotopic (exact) mass is 472 g/mol. The number of ether oxygens (including phenoxy) is 1. The van der Waals surface area contributed by atoms with Crippen molar-refractivity contribution in [3.63, 3.8) is 0 Å². The predicted molar refractivity (Wildman–Crippen MR) is 135 cm³/mol. The molecular weight excluding hydrogens is 436 g/mol. The molecule has 5 nitrogen and oxygen atoms in total. The number of aryl methyl sites for hydroxylation is 1. The molecule has 2 atom stereocenters. The van der Waals surface area contributed by atoms with Crippen LogP contribution < -0.4 is 10.6 Å². The van der Waals surface area contributed by atoms with Crippen molar-refractivity contribution in [2.45, 2.75) is 64.6 Å². The molecule has 0 radical (unpaired) electrons. The molecule has 1 heterocycles. The number of hydrogen-bond donors (Lipinski definition) is 3. The van der Waals surface area contributed by atoms with Gasteiger partial charge in [-0.2, -0.15) is 0 Å². The molecule has 0 unspecified atom stereocenters. The third-order valence-corrected chi connectivity index (χ3v) is 6.74. The molecule has 180 valence electrons. The second kappa shape index (κ2) is 11.9. The van der Waals surface area contributed by atoms with Gasteiger partial charge in [-0.25, -0.2) is 4.79 Å². The van der Waals surface area contributed by atoms with Crippen LogP contribution in [0.5, 0.6) is 0 Å². The van der Waals surface area contributed by atoms with Crippen molar-refractivity contribution in [2.24, 2.45) is 5.92 Å². The van der Waals surface area contributed by atoms with Crippen molar-refractivity contribution in [3.05, 3.63) is 58.6 Å². The summed E-state index contributed by atoms with van der Waals surface area (Å²) in [7, 11) is 0. The molecule has 0 aromatic heterocycles. The van der Waals surface area contributed by atoms with Gasteiger partial charge in [0.25, 0.3) is 0 Å². The van der Waals surface area contributed by atoms with E-state index in [-0.39, 0.29) is 12.0 Å². The Labute approximate surface area is 202 Å². The molecule has 6 heteroatoms. The van der Waals surface area contributed by atoms with Crippen LogP contribution in [0.4, 0.5) is 4.79 Å². The Morgan fingerprint density at radius 2 is 2.09 bits per heavy atom. The number of piperidine rings is 1. The third-order valence-electron chi connectivity index (χ3n) is 6.42. The van der Waals surface area contributed by atoms with Gasteiger partial charge in [0.1, 0.15) is 0 Å². The van der Waals surface area contributed by atoms with E-state index >= 15 is 0 Å². The Balaban J connectivity index is 1.92. The topological polar surface area (TPSA) is 70.6 Å². The Morgan fingerprint density at radius 3 is 2.79 bits per heavy atom. The zero-order valence-electron chi connectivity index (χ0n) is 20.0. The van der Waals surface area contributed by atoms with Gasteiger partial charge in [0, 0.05) is 29.6 Å². The average molecular weight is 473 g/mol. The lowest BCUT2D eigenvalue weighted by molar-refractivity contribution is -0.0416. The van der Waals surface area contributed by atoms with E-state index in [2.05, 4.69) is 35.8 Å². The van der Waals surface area contributed by atoms with Crippen LogP contribution in [-0.4, -0.2) is 36.9 Å². The minimum absolute atomic E-state index is 0.0560. The first kappa shape index (κ1) is 25.5. The Morgan fingerprint density at radius 1 is 1.30 bits per heavy atom. The first-order valence-electron chi connectivity index (χ1n) is 12.1. The van der Waals surface area contributed by atoms with E-state index in [0.717, 1.165) is 49.0 Å². The van der Waals surface area contributed by atoms with Crippen LogP contribution >= 0.6 is 11.6 Å². The van der Waals surface area contributed by atoms with Crippen LogP contribution in [0.3, 0.4) is 0 Å². The second-order valence-electron chi connectivity index (χ2n) is 9.17. The lowest BCUT2D eigenvalue weighted by Gasteiger charge is -2.40. The number of carbonyl (C=O) groups excluding carboxylic acids is 1. The highest BCUT2D eigenvalue weighted by molar-refractivity contribution is 6.33. The molecule has 0 spiro atoms. The van der Waals surface area contributed by atoms with Crippen LogP contribution in [-0.2, 0) is 16.8 Å².